The van der Waals surface area contributed by atoms with E-state index in [0.717, 1.165) is 33.8 Å². The fourth-order valence-corrected chi connectivity index (χ4v) is 3.14. The van der Waals surface area contributed by atoms with E-state index in [1.54, 1.807) is 17.6 Å². The van der Waals surface area contributed by atoms with Gasteiger partial charge in [-0.2, -0.15) is 18.6 Å². The Labute approximate surface area is 226 Å². The monoisotopic (exact) mass is 439 g/mol. The van der Waals surface area contributed by atoms with Gasteiger partial charge in [0, 0.05) is 12.0 Å². The number of carbonyl (C=O) groups is 1. The van der Waals surface area contributed by atoms with Crippen molar-refractivity contribution in [2.75, 3.05) is 5.32 Å². The van der Waals surface area contributed by atoms with Crippen LogP contribution in [0.5, 0.6) is 0 Å². The number of aliphatic imine (C=N–C) groups is 1. The predicted molar refractivity (Wildman–Crippen MR) is 122 cm³/mol. The number of para-hydroxylation sites is 1. The zero-order valence-corrected chi connectivity index (χ0v) is 21.3. The van der Waals surface area contributed by atoms with Crippen molar-refractivity contribution in [2.45, 2.75) is 26.3 Å². The number of amides is 1. The molecule has 2 aromatic rings. The van der Waals surface area contributed by atoms with Crippen LogP contribution in [-0.4, -0.2) is 23.0 Å². The second kappa shape index (κ2) is 12.2. The van der Waals surface area contributed by atoms with Crippen LogP contribution in [0.3, 0.4) is 0 Å². The first-order valence-electron chi connectivity index (χ1n) is 9.77. The summed E-state index contributed by atoms with van der Waals surface area (Å²) in [6.45, 7) is 8.23. The first-order valence-corrected chi connectivity index (χ1v) is 9.77. The van der Waals surface area contributed by atoms with Crippen LogP contribution in [0.15, 0.2) is 89.0 Å². The van der Waals surface area contributed by atoms with Crippen molar-refractivity contribution in [3.63, 3.8) is 0 Å². The standard InChI is InChI=1S/C25H26N3O2.K/c1-17-7-6-9-19(3)23(15-17)27-24(26-22-10-5-4-8-18(22)2)16-20-11-13-21(14-12-20)25(29)28-30;/h4-15,23,30H,2,16H2,1,3H3,(H,26,27)(H,28,29);/q-1;+1. The largest absolute Gasteiger partial charge is 1.00 e. The average molecular weight is 440 g/mol. The van der Waals surface area contributed by atoms with E-state index < -0.39 is 5.91 Å². The number of allylic oxidation sites excluding steroid dienone is 4. The van der Waals surface area contributed by atoms with Gasteiger partial charge in [-0.15, -0.1) is 6.07 Å². The van der Waals surface area contributed by atoms with Gasteiger partial charge in [-0.25, -0.2) is 5.48 Å². The van der Waals surface area contributed by atoms with Crippen molar-refractivity contribution < 1.29 is 61.4 Å². The number of hydrogen-bond donors (Lipinski definition) is 3. The normalized spacial score (nSPS) is 15.8. The summed E-state index contributed by atoms with van der Waals surface area (Å²) in [6, 6.07) is 14.8. The van der Waals surface area contributed by atoms with Crippen molar-refractivity contribution in [3.05, 3.63) is 108 Å². The molecule has 6 heteroatoms. The molecule has 3 rings (SSSR count). The molecule has 3 N–H and O–H groups in total. The molecule has 1 aliphatic rings. The minimum absolute atomic E-state index is 0. The summed E-state index contributed by atoms with van der Waals surface area (Å²) in [4.78, 5) is 16.6. The maximum atomic E-state index is 11.6. The van der Waals surface area contributed by atoms with Crippen LogP contribution < -0.4 is 62.2 Å². The number of nitrogens with zero attached hydrogens (tertiary/aromatic N) is 1. The van der Waals surface area contributed by atoms with E-state index in [-0.39, 0.29) is 57.4 Å². The summed E-state index contributed by atoms with van der Waals surface area (Å²) in [5, 5.41) is 12.2. The van der Waals surface area contributed by atoms with E-state index in [1.165, 1.54) is 0 Å². The molecule has 0 saturated heterocycles. The van der Waals surface area contributed by atoms with E-state index in [4.69, 9.17) is 10.2 Å². The molecule has 0 aliphatic heterocycles. The molecule has 1 unspecified atom stereocenters. The van der Waals surface area contributed by atoms with E-state index in [1.807, 2.05) is 42.5 Å². The van der Waals surface area contributed by atoms with Gasteiger partial charge in [0.1, 0.15) is 0 Å². The topological polar surface area (TPSA) is 73.7 Å². The molecular formula is C25H26KN3O2. The SMILES string of the molecule is [CH2-]c1ccccc1NC(Cc1ccc(C(=O)NO)cc1)=NC1C=C(C)C=CC=C1C.[K+]. The van der Waals surface area contributed by atoms with Crippen molar-refractivity contribution in [2.24, 2.45) is 4.99 Å². The van der Waals surface area contributed by atoms with E-state index in [0.29, 0.717) is 12.0 Å². The Balaban J connectivity index is 0.00000341. The number of rotatable bonds is 5. The second-order valence-electron chi connectivity index (χ2n) is 7.30. The minimum atomic E-state index is -0.535. The third kappa shape index (κ3) is 7.31. The Morgan fingerprint density at radius 3 is 2.52 bits per heavy atom. The molecule has 0 bridgehead atoms. The Bertz CT molecular complexity index is 1040. The van der Waals surface area contributed by atoms with Crippen LogP contribution in [-0.2, 0) is 6.42 Å². The van der Waals surface area contributed by atoms with Gasteiger partial charge in [-0.1, -0.05) is 59.8 Å². The van der Waals surface area contributed by atoms with Crippen molar-refractivity contribution >= 4 is 17.4 Å². The summed E-state index contributed by atoms with van der Waals surface area (Å²) in [5.74, 6) is 0.265. The Morgan fingerprint density at radius 2 is 1.84 bits per heavy atom. The van der Waals surface area contributed by atoms with Gasteiger partial charge in [0.15, 0.2) is 0 Å². The van der Waals surface area contributed by atoms with Gasteiger partial charge in [0.25, 0.3) is 5.91 Å². The third-order valence-electron chi connectivity index (χ3n) is 4.89. The van der Waals surface area contributed by atoms with Gasteiger partial charge < -0.3 is 5.32 Å². The van der Waals surface area contributed by atoms with Crippen LogP contribution in [0.2, 0.25) is 0 Å². The van der Waals surface area contributed by atoms with Crippen LogP contribution >= 0.6 is 0 Å². The van der Waals surface area contributed by atoms with Gasteiger partial charge in [-0.05, 0) is 37.1 Å². The average Bonchev–Trinajstić information content (AvgIpc) is 2.89. The Morgan fingerprint density at radius 1 is 1.13 bits per heavy atom. The minimum Gasteiger partial charge on any atom is -0.396 e. The number of carbonyl (C=O) groups excluding carboxylic acids is 1. The van der Waals surface area contributed by atoms with Crippen molar-refractivity contribution in [1.82, 2.24) is 5.48 Å². The first kappa shape index (κ1) is 25.3. The van der Waals surface area contributed by atoms with Crippen LogP contribution in [0, 0.1) is 6.92 Å². The summed E-state index contributed by atoms with van der Waals surface area (Å²) < 4.78 is 0. The molecule has 5 nitrogen and oxygen atoms in total. The Hall–Kier alpha value is -1.93. The van der Waals surface area contributed by atoms with Gasteiger partial charge in [0.05, 0.1) is 11.9 Å². The maximum Gasteiger partial charge on any atom is 1.00 e. The van der Waals surface area contributed by atoms with Crippen molar-refractivity contribution in [1.29, 1.82) is 0 Å². The third-order valence-corrected chi connectivity index (χ3v) is 4.89. The molecule has 0 radical (unpaired) electrons. The zero-order chi connectivity index (χ0) is 21.5. The van der Waals surface area contributed by atoms with Crippen LogP contribution in [0.1, 0.15) is 35.3 Å². The summed E-state index contributed by atoms with van der Waals surface area (Å²) in [5.41, 5.74) is 7.14. The van der Waals surface area contributed by atoms with E-state index >= 15 is 0 Å². The van der Waals surface area contributed by atoms with Crippen LogP contribution in [0.4, 0.5) is 5.69 Å². The van der Waals surface area contributed by atoms with Gasteiger partial charge in [-0.3, -0.25) is 15.0 Å². The summed E-state index contributed by atoms with van der Waals surface area (Å²) >= 11 is 0. The fraction of sp³-hybridized carbons (Fsp3) is 0.160. The molecule has 1 aliphatic carbocycles. The fourth-order valence-electron chi connectivity index (χ4n) is 3.14. The molecule has 154 valence electrons. The molecule has 1 amide bonds. The number of anilines is 1. The Kier molecular flexibility index (Phi) is 9.96. The molecule has 0 heterocycles. The zero-order valence-electron chi connectivity index (χ0n) is 18.2. The quantitative estimate of drug-likeness (QED) is 0.166. The van der Waals surface area contributed by atoms with Gasteiger partial charge >= 0.3 is 51.4 Å². The molecule has 1 atom stereocenters. The number of hydroxylamine groups is 1. The summed E-state index contributed by atoms with van der Waals surface area (Å²) in [7, 11) is 0. The molecule has 0 saturated carbocycles. The first-order chi connectivity index (χ1) is 14.5. The molecular weight excluding hydrogens is 413 g/mol. The second-order valence-corrected chi connectivity index (χ2v) is 7.30. The molecule has 0 aromatic heterocycles. The molecule has 2 aromatic carbocycles. The van der Waals surface area contributed by atoms with E-state index in [9.17, 15) is 4.79 Å². The maximum absolute atomic E-state index is 11.6. The number of hydrogen-bond acceptors (Lipinski definition) is 3. The smallest absolute Gasteiger partial charge is 0.396 e. The van der Waals surface area contributed by atoms with E-state index in [2.05, 4.69) is 44.3 Å². The molecule has 0 fully saturated rings. The van der Waals surface area contributed by atoms with Gasteiger partial charge in [0.2, 0.25) is 0 Å². The summed E-state index contributed by atoms with van der Waals surface area (Å²) in [6.07, 6.45) is 8.89. The number of nitrogens with one attached hydrogen (secondary N) is 2. The van der Waals surface area contributed by atoms with Crippen LogP contribution in [0.25, 0.3) is 0 Å². The number of benzene rings is 2. The predicted octanol–water partition coefficient (Wildman–Crippen LogP) is 1.88. The molecule has 31 heavy (non-hydrogen) atoms. The molecule has 0 spiro atoms. The van der Waals surface area contributed by atoms with Crippen molar-refractivity contribution in [3.8, 4) is 0 Å². The number of amidine groups is 1.